The first-order chi connectivity index (χ1) is 8.13. The summed E-state index contributed by atoms with van der Waals surface area (Å²) >= 11 is 0. The van der Waals surface area contributed by atoms with Gasteiger partial charge in [0, 0.05) is 0 Å². The van der Waals surface area contributed by atoms with E-state index in [1.165, 1.54) is 0 Å². The van der Waals surface area contributed by atoms with Gasteiger partial charge in [0.25, 0.3) is 0 Å². The predicted molar refractivity (Wildman–Crippen MR) is 69.4 cm³/mol. The molecule has 0 saturated carbocycles. The molecule has 0 aromatic carbocycles. The van der Waals surface area contributed by atoms with Crippen LogP contribution >= 0.6 is 0 Å². The third-order valence-electron chi connectivity index (χ3n) is 1.56. The van der Waals surface area contributed by atoms with Gasteiger partial charge in [-0.15, -0.1) is 0 Å². The number of hydrogen-bond donors (Lipinski definition) is 0. The number of rotatable bonds is 6. The minimum absolute atomic E-state index is 0.243. The van der Waals surface area contributed by atoms with Gasteiger partial charge < -0.3 is 9.47 Å². The molecule has 0 spiro atoms. The van der Waals surface area contributed by atoms with Gasteiger partial charge in [-0.2, -0.15) is 0 Å². The molecule has 0 atom stereocenters. The Labute approximate surface area is 105 Å². The summed E-state index contributed by atoms with van der Waals surface area (Å²) in [5, 5.41) is 0. The van der Waals surface area contributed by atoms with Crippen LogP contribution in [0.5, 0.6) is 0 Å². The van der Waals surface area contributed by atoms with E-state index in [1.54, 1.807) is 0 Å². The molecule has 0 aliphatic rings. The van der Waals surface area contributed by atoms with Crippen molar-refractivity contribution >= 4 is 0 Å². The van der Waals surface area contributed by atoms with Crippen molar-refractivity contribution in [2.24, 2.45) is 0 Å². The van der Waals surface area contributed by atoms with Crippen molar-refractivity contribution in [3.63, 3.8) is 0 Å². The molecular weight excluding hydrogens is 216 g/mol. The fraction of sp³-hybridized carbons (Fsp3) is 0.692. The van der Waals surface area contributed by atoms with Crippen molar-refractivity contribution in [2.75, 3.05) is 61.3 Å². The molecule has 0 aromatic rings. The van der Waals surface area contributed by atoms with Gasteiger partial charge in [0.1, 0.15) is 20.0 Å². The third kappa shape index (κ3) is 15.0. The van der Waals surface area contributed by atoms with Gasteiger partial charge in [-0.25, -0.2) is 0 Å². The molecule has 0 bridgehead atoms. The third-order valence-corrected chi connectivity index (χ3v) is 1.56. The maximum atomic E-state index is 5.15. The Hall–Kier alpha value is -1.04. The molecule has 0 saturated heterocycles. The fourth-order valence-electron chi connectivity index (χ4n) is 0.774. The van der Waals surface area contributed by atoms with Gasteiger partial charge in [0.2, 0.25) is 0 Å². The fourth-order valence-corrected chi connectivity index (χ4v) is 0.774. The molecule has 0 fully saturated rings. The van der Waals surface area contributed by atoms with Crippen LogP contribution in [0.1, 0.15) is 0 Å². The minimum Gasteiger partial charge on any atom is -0.343 e. The average molecular weight is 238 g/mol. The Kier molecular flexibility index (Phi) is 10.7. The standard InChI is InChI=1S/C13H22N2O2/c1-14(2)9-5-7-11-16-13-17-12-8-6-10-15(3)4/h9-13H2,1-4H3. The molecular formula is C13H22N2O2. The molecule has 4 nitrogen and oxygen atoms in total. The Morgan fingerprint density at radius 2 is 1.12 bits per heavy atom. The smallest absolute Gasteiger partial charge is 0.149 e. The topological polar surface area (TPSA) is 24.9 Å². The maximum absolute atomic E-state index is 5.15. The average Bonchev–Trinajstić information content (AvgIpc) is 2.25. The monoisotopic (exact) mass is 238 g/mol. The second-order valence-electron chi connectivity index (χ2n) is 4.00. The molecule has 0 N–H and O–H groups in total. The van der Waals surface area contributed by atoms with Crippen LogP contribution in [0, 0.1) is 23.7 Å². The van der Waals surface area contributed by atoms with Gasteiger partial charge in [0.05, 0.1) is 13.1 Å². The van der Waals surface area contributed by atoms with Crippen molar-refractivity contribution in [3.8, 4) is 23.7 Å². The molecule has 0 heterocycles. The molecule has 0 aromatic heterocycles. The lowest BCUT2D eigenvalue weighted by atomic mass is 10.5. The van der Waals surface area contributed by atoms with Gasteiger partial charge in [-0.05, 0) is 28.2 Å². The largest absolute Gasteiger partial charge is 0.343 e. The number of nitrogens with zero attached hydrogens (tertiary/aromatic N) is 2. The zero-order chi connectivity index (χ0) is 12.9. The van der Waals surface area contributed by atoms with E-state index in [-0.39, 0.29) is 6.79 Å². The lowest BCUT2D eigenvalue weighted by Gasteiger charge is -2.02. The van der Waals surface area contributed by atoms with Gasteiger partial charge >= 0.3 is 0 Å². The highest BCUT2D eigenvalue weighted by atomic mass is 16.7. The molecule has 17 heavy (non-hydrogen) atoms. The zero-order valence-corrected chi connectivity index (χ0v) is 11.2. The van der Waals surface area contributed by atoms with Crippen molar-refractivity contribution in [3.05, 3.63) is 0 Å². The highest BCUT2D eigenvalue weighted by Gasteiger charge is 1.84. The van der Waals surface area contributed by atoms with E-state index in [9.17, 15) is 0 Å². The van der Waals surface area contributed by atoms with E-state index in [1.807, 2.05) is 38.0 Å². The normalized spacial score (nSPS) is 9.76. The Balaban J connectivity index is 3.27. The summed E-state index contributed by atoms with van der Waals surface area (Å²) in [6.45, 7) is 2.55. The first-order valence-electron chi connectivity index (χ1n) is 5.49. The second-order valence-corrected chi connectivity index (χ2v) is 4.00. The van der Waals surface area contributed by atoms with Crippen LogP contribution in [0.4, 0.5) is 0 Å². The van der Waals surface area contributed by atoms with Crippen LogP contribution < -0.4 is 0 Å². The van der Waals surface area contributed by atoms with Crippen LogP contribution in [-0.4, -0.2) is 71.1 Å². The summed E-state index contributed by atoms with van der Waals surface area (Å²) in [6.07, 6.45) is 0. The quantitative estimate of drug-likeness (QED) is 0.372. The molecule has 4 heteroatoms. The van der Waals surface area contributed by atoms with Crippen molar-refractivity contribution in [1.82, 2.24) is 9.80 Å². The SMILES string of the molecule is CN(C)CC#CCOCOCC#CCN(C)C. The first-order valence-corrected chi connectivity index (χ1v) is 5.49. The summed E-state index contributed by atoms with van der Waals surface area (Å²) in [5.74, 6) is 11.7. The van der Waals surface area contributed by atoms with Crippen LogP contribution in [0.15, 0.2) is 0 Å². The van der Waals surface area contributed by atoms with E-state index in [0.29, 0.717) is 13.2 Å². The molecule has 0 radical (unpaired) electrons. The van der Waals surface area contributed by atoms with Crippen molar-refractivity contribution < 1.29 is 9.47 Å². The van der Waals surface area contributed by atoms with Gasteiger partial charge in [-0.1, -0.05) is 23.7 Å². The molecule has 0 rings (SSSR count). The molecule has 0 aliphatic carbocycles. The second kappa shape index (κ2) is 11.4. The van der Waals surface area contributed by atoms with E-state index < -0.39 is 0 Å². The summed E-state index contributed by atoms with van der Waals surface area (Å²) in [7, 11) is 7.91. The maximum Gasteiger partial charge on any atom is 0.149 e. The van der Waals surface area contributed by atoms with E-state index in [2.05, 4.69) is 23.7 Å². The van der Waals surface area contributed by atoms with E-state index in [0.717, 1.165) is 13.1 Å². The van der Waals surface area contributed by atoms with Gasteiger partial charge in [0.15, 0.2) is 0 Å². The zero-order valence-electron chi connectivity index (χ0n) is 11.2. The highest BCUT2D eigenvalue weighted by molar-refractivity contribution is 5.01. The summed E-state index contributed by atoms with van der Waals surface area (Å²) in [4.78, 5) is 4.01. The first kappa shape index (κ1) is 16.0. The van der Waals surface area contributed by atoms with E-state index >= 15 is 0 Å². The molecule has 0 amide bonds. The molecule has 0 aliphatic heterocycles. The highest BCUT2D eigenvalue weighted by Crippen LogP contribution is 1.78. The summed E-state index contributed by atoms with van der Waals surface area (Å²) < 4.78 is 10.3. The number of ether oxygens (including phenoxy) is 2. The predicted octanol–water partition coefficient (Wildman–Crippen LogP) is 0.107. The molecule has 96 valence electrons. The lowest BCUT2D eigenvalue weighted by molar-refractivity contribution is -0.0294. The molecule has 0 unspecified atom stereocenters. The Morgan fingerprint density at radius 3 is 1.47 bits per heavy atom. The minimum atomic E-state index is 0.243. The van der Waals surface area contributed by atoms with E-state index in [4.69, 9.17) is 9.47 Å². The van der Waals surface area contributed by atoms with Crippen LogP contribution in [0.2, 0.25) is 0 Å². The van der Waals surface area contributed by atoms with Gasteiger partial charge in [-0.3, -0.25) is 9.80 Å². The lowest BCUT2D eigenvalue weighted by Crippen LogP contribution is -2.11. The summed E-state index contributed by atoms with van der Waals surface area (Å²) in [6, 6.07) is 0. The van der Waals surface area contributed by atoms with Crippen molar-refractivity contribution in [1.29, 1.82) is 0 Å². The Bertz CT molecular complexity index is 262. The van der Waals surface area contributed by atoms with Crippen LogP contribution in [-0.2, 0) is 9.47 Å². The summed E-state index contributed by atoms with van der Waals surface area (Å²) in [5.41, 5.74) is 0. The van der Waals surface area contributed by atoms with Crippen LogP contribution in [0.25, 0.3) is 0 Å². The van der Waals surface area contributed by atoms with Crippen LogP contribution in [0.3, 0.4) is 0 Å². The number of hydrogen-bond acceptors (Lipinski definition) is 4. The van der Waals surface area contributed by atoms with Crippen molar-refractivity contribution in [2.45, 2.75) is 0 Å². The Morgan fingerprint density at radius 1 is 0.706 bits per heavy atom.